The number of hydrogen-bond acceptors (Lipinski definition) is 1. The lowest BCUT2D eigenvalue weighted by atomic mass is 9.63. The molecule has 0 bridgehead atoms. The van der Waals surface area contributed by atoms with Crippen LogP contribution in [0.25, 0.3) is 0 Å². The van der Waals surface area contributed by atoms with Gasteiger partial charge >= 0.3 is 0 Å². The van der Waals surface area contributed by atoms with Crippen molar-refractivity contribution in [2.75, 3.05) is 6.54 Å². The standard InChI is InChI=1S/C14H29N/c1-11(2)9-15-12-7-13(3,4)10-14(5,6)8-12/h11-12,15H,7-10H2,1-6H3. The van der Waals surface area contributed by atoms with E-state index in [1.807, 2.05) is 0 Å². The fourth-order valence-corrected chi connectivity index (χ4v) is 3.39. The summed E-state index contributed by atoms with van der Waals surface area (Å²) in [4.78, 5) is 0. The van der Waals surface area contributed by atoms with Gasteiger partial charge in [-0.25, -0.2) is 0 Å². The summed E-state index contributed by atoms with van der Waals surface area (Å²) < 4.78 is 0. The second-order valence-electron chi connectivity index (χ2n) is 7.41. The van der Waals surface area contributed by atoms with Gasteiger partial charge in [-0.05, 0) is 42.6 Å². The van der Waals surface area contributed by atoms with Gasteiger partial charge in [0.2, 0.25) is 0 Å². The van der Waals surface area contributed by atoms with Gasteiger partial charge in [0.25, 0.3) is 0 Å². The largest absolute Gasteiger partial charge is 0.314 e. The Labute approximate surface area is 96.0 Å². The van der Waals surface area contributed by atoms with Crippen LogP contribution in [0.2, 0.25) is 0 Å². The summed E-state index contributed by atoms with van der Waals surface area (Å²) in [7, 11) is 0. The van der Waals surface area contributed by atoms with Crippen molar-refractivity contribution < 1.29 is 0 Å². The fourth-order valence-electron chi connectivity index (χ4n) is 3.39. The zero-order valence-corrected chi connectivity index (χ0v) is 11.5. The molecule has 0 amide bonds. The Bertz CT molecular complexity index is 187. The lowest BCUT2D eigenvalue weighted by molar-refractivity contribution is 0.0840. The summed E-state index contributed by atoms with van der Waals surface area (Å²) in [6.45, 7) is 15.4. The van der Waals surface area contributed by atoms with Crippen LogP contribution in [0.3, 0.4) is 0 Å². The number of hydrogen-bond donors (Lipinski definition) is 1. The lowest BCUT2D eigenvalue weighted by Gasteiger charge is -2.45. The zero-order valence-electron chi connectivity index (χ0n) is 11.5. The van der Waals surface area contributed by atoms with Crippen LogP contribution >= 0.6 is 0 Å². The van der Waals surface area contributed by atoms with Gasteiger partial charge in [-0.1, -0.05) is 41.5 Å². The molecule has 90 valence electrons. The first kappa shape index (κ1) is 13.0. The van der Waals surface area contributed by atoms with Crippen LogP contribution in [0.15, 0.2) is 0 Å². The third kappa shape index (κ3) is 4.55. The first-order chi connectivity index (χ1) is 6.70. The highest BCUT2D eigenvalue weighted by molar-refractivity contribution is 4.92. The molecule has 0 atom stereocenters. The summed E-state index contributed by atoms with van der Waals surface area (Å²) in [5, 5.41) is 3.73. The summed E-state index contributed by atoms with van der Waals surface area (Å²) in [6, 6.07) is 0.728. The smallest absolute Gasteiger partial charge is 0.00773 e. The highest BCUT2D eigenvalue weighted by atomic mass is 14.9. The van der Waals surface area contributed by atoms with E-state index in [2.05, 4.69) is 46.9 Å². The van der Waals surface area contributed by atoms with Crippen molar-refractivity contribution >= 4 is 0 Å². The Morgan fingerprint density at radius 1 is 1.07 bits per heavy atom. The Hall–Kier alpha value is -0.0400. The summed E-state index contributed by atoms with van der Waals surface area (Å²) >= 11 is 0. The van der Waals surface area contributed by atoms with Gasteiger partial charge in [0.15, 0.2) is 0 Å². The molecule has 0 unspecified atom stereocenters. The lowest BCUT2D eigenvalue weighted by Crippen LogP contribution is -2.44. The SMILES string of the molecule is CC(C)CNC1CC(C)(C)CC(C)(C)C1. The maximum absolute atomic E-state index is 3.73. The minimum absolute atomic E-state index is 0.510. The predicted molar refractivity (Wildman–Crippen MR) is 68.0 cm³/mol. The van der Waals surface area contributed by atoms with Crippen LogP contribution in [0.1, 0.15) is 60.8 Å². The van der Waals surface area contributed by atoms with Crippen LogP contribution in [-0.4, -0.2) is 12.6 Å². The monoisotopic (exact) mass is 211 g/mol. The average molecular weight is 211 g/mol. The maximum Gasteiger partial charge on any atom is 0.00773 e. The normalized spacial score (nSPS) is 25.8. The first-order valence-electron chi connectivity index (χ1n) is 6.44. The topological polar surface area (TPSA) is 12.0 Å². The number of nitrogens with one attached hydrogen (secondary N) is 1. The van der Waals surface area contributed by atoms with Crippen molar-refractivity contribution in [2.24, 2.45) is 16.7 Å². The summed E-state index contributed by atoms with van der Waals surface area (Å²) in [5.41, 5.74) is 1.02. The van der Waals surface area contributed by atoms with E-state index in [0.717, 1.165) is 18.5 Å². The van der Waals surface area contributed by atoms with E-state index in [1.165, 1.54) is 19.3 Å². The highest BCUT2D eigenvalue weighted by Crippen LogP contribution is 2.45. The van der Waals surface area contributed by atoms with Crippen molar-refractivity contribution in [3.63, 3.8) is 0 Å². The molecule has 15 heavy (non-hydrogen) atoms. The molecule has 1 heteroatoms. The van der Waals surface area contributed by atoms with Gasteiger partial charge in [0.05, 0.1) is 0 Å². The molecule has 0 aromatic carbocycles. The van der Waals surface area contributed by atoms with E-state index in [0.29, 0.717) is 10.8 Å². The van der Waals surface area contributed by atoms with E-state index in [4.69, 9.17) is 0 Å². The molecule has 0 aliphatic heterocycles. The van der Waals surface area contributed by atoms with E-state index in [-0.39, 0.29) is 0 Å². The molecule has 0 heterocycles. The predicted octanol–water partition coefficient (Wildman–Crippen LogP) is 3.84. The van der Waals surface area contributed by atoms with E-state index in [1.54, 1.807) is 0 Å². The van der Waals surface area contributed by atoms with Crippen LogP contribution in [0.4, 0.5) is 0 Å². The molecular weight excluding hydrogens is 182 g/mol. The first-order valence-corrected chi connectivity index (χ1v) is 6.44. The molecule has 0 radical (unpaired) electrons. The van der Waals surface area contributed by atoms with E-state index in [9.17, 15) is 0 Å². The highest BCUT2D eigenvalue weighted by Gasteiger charge is 2.37. The van der Waals surface area contributed by atoms with Gasteiger partial charge in [-0.15, -0.1) is 0 Å². The number of rotatable bonds is 3. The van der Waals surface area contributed by atoms with E-state index < -0.39 is 0 Å². The third-order valence-corrected chi connectivity index (χ3v) is 3.37. The molecule has 1 rings (SSSR count). The van der Waals surface area contributed by atoms with E-state index >= 15 is 0 Å². The minimum atomic E-state index is 0.510. The van der Waals surface area contributed by atoms with Crippen LogP contribution in [0.5, 0.6) is 0 Å². The minimum Gasteiger partial charge on any atom is -0.314 e. The van der Waals surface area contributed by atoms with Crippen LogP contribution < -0.4 is 5.32 Å². The third-order valence-electron chi connectivity index (χ3n) is 3.37. The van der Waals surface area contributed by atoms with Gasteiger partial charge in [0.1, 0.15) is 0 Å². The zero-order chi connectivity index (χ0) is 11.7. The van der Waals surface area contributed by atoms with Crippen molar-refractivity contribution in [2.45, 2.75) is 66.8 Å². The fraction of sp³-hybridized carbons (Fsp3) is 1.00. The molecule has 1 N–H and O–H groups in total. The molecule has 0 saturated heterocycles. The van der Waals surface area contributed by atoms with Crippen molar-refractivity contribution in [1.29, 1.82) is 0 Å². The Morgan fingerprint density at radius 3 is 1.93 bits per heavy atom. The molecule has 0 aromatic rings. The second-order valence-corrected chi connectivity index (χ2v) is 7.41. The molecule has 1 aliphatic carbocycles. The molecule has 0 spiro atoms. The molecule has 1 saturated carbocycles. The van der Waals surface area contributed by atoms with Crippen LogP contribution in [-0.2, 0) is 0 Å². The Kier molecular flexibility index (Phi) is 3.86. The molecule has 1 aliphatic rings. The van der Waals surface area contributed by atoms with Gasteiger partial charge < -0.3 is 5.32 Å². The van der Waals surface area contributed by atoms with Gasteiger partial charge in [-0.3, -0.25) is 0 Å². The van der Waals surface area contributed by atoms with Crippen molar-refractivity contribution in [1.82, 2.24) is 5.32 Å². The second kappa shape index (κ2) is 4.45. The molecule has 1 nitrogen and oxygen atoms in total. The van der Waals surface area contributed by atoms with Crippen LogP contribution in [0, 0.1) is 16.7 Å². The maximum atomic E-state index is 3.73. The summed E-state index contributed by atoms with van der Waals surface area (Å²) in [6.07, 6.45) is 4.03. The van der Waals surface area contributed by atoms with Crippen molar-refractivity contribution in [3.8, 4) is 0 Å². The average Bonchev–Trinajstić information content (AvgIpc) is 1.94. The Balaban J connectivity index is 2.52. The quantitative estimate of drug-likeness (QED) is 0.748. The molecule has 1 fully saturated rings. The Morgan fingerprint density at radius 2 is 1.53 bits per heavy atom. The molecule has 0 aromatic heterocycles. The van der Waals surface area contributed by atoms with Crippen molar-refractivity contribution in [3.05, 3.63) is 0 Å². The molecular formula is C14H29N. The summed E-state index contributed by atoms with van der Waals surface area (Å²) in [5.74, 6) is 0.762. The van der Waals surface area contributed by atoms with Gasteiger partial charge in [0, 0.05) is 6.04 Å². The van der Waals surface area contributed by atoms with Gasteiger partial charge in [-0.2, -0.15) is 0 Å².